The van der Waals surface area contributed by atoms with Crippen molar-refractivity contribution in [2.24, 2.45) is 17.6 Å². The Balaban J connectivity index is 2.63. The van der Waals surface area contributed by atoms with E-state index in [2.05, 4.69) is 5.32 Å². The Labute approximate surface area is 103 Å². The van der Waals surface area contributed by atoms with Crippen molar-refractivity contribution in [1.82, 2.24) is 5.32 Å². The Bertz CT molecular complexity index is 348. The number of nitrogens with two attached hydrogens (primary N) is 1. The number of hydrogen-bond donors (Lipinski definition) is 2. The molecule has 3 N–H and O–H groups in total. The van der Waals surface area contributed by atoms with Gasteiger partial charge < -0.3 is 11.1 Å². The van der Waals surface area contributed by atoms with Gasteiger partial charge in [0.25, 0.3) is 0 Å². The number of amides is 1. The van der Waals surface area contributed by atoms with Gasteiger partial charge in [-0.25, -0.2) is 0 Å². The first-order valence-corrected chi connectivity index (χ1v) is 6.11. The molecule has 94 valence electrons. The van der Waals surface area contributed by atoms with Crippen LogP contribution in [-0.4, -0.2) is 12.5 Å². The van der Waals surface area contributed by atoms with Crippen molar-refractivity contribution >= 4 is 5.91 Å². The molecule has 0 aliphatic rings. The predicted octanol–water partition coefficient (Wildman–Crippen LogP) is 2.09. The monoisotopic (exact) mass is 234 g/mol. The maximum absolute atomic E-state index is 12.0. The van der Waals surface area contributed by atoms with Crippen molar-refractivity contribution in [3.8, 4) is 0 Å². The van der Waals surface area contributed by atoms with Gasteiger partial charge >= 0.3 is 0 Å². The highest BCUT2D eigenvalue weighted by molar-refractivity contribution is 5.79. The second-order valence-electron chi connectivity index (χ2n) is 4.73. The third-order valence-corrected chi connectivity index (χ3v) is 3.05. The Kier molecular flexibility index (Phi) is 5.16. The van der Waals surface area contributed by atoms with Crippen molar-refractivity contribution in [2.45, 2.75) is 26.8 Å². The number of hydrogen-bond acceptors (Lipinski definition) is 2. The fourth-order valence-corrected chi connectivity index (χ4v) is 1.83. The summed E-state index contributed by atoms with van der Waals surface area (Å²) >= 11 is 0. The number of carbonyl (C=O) groups excluding carboxylic acids is 1. The average molecular weight is 234 g/mol. The molecule has 0 aromatic heterocycles. The lowest BCUT2D eigenvalue weighted by Gasteiger charge is -2.21. The second kappa shape index (κ2) is 6.40. The van der Waals surface area contributed by atoms with Crippen LogP contribution in [-0.2, 0) is 4.79 Å². The summed E-state index contributed by atoms with van der Waals surface area (Å²) in [4.78, 5) is 12.0. The van der Waals surface area contributed by atoms with Crippen molar-refractivity contribution in [1.29, 1.82) is 0 Å². The molecular formula is C14H22N2O. The van der Waals surface area contributed by atoms with Gasteiger partial charge in [0.05, 0.1) is 12.0 Å². The van der Waals surface area contributed by atoms with E-state index >= 15 is 0 Å². The average Bonchev–Trinajstić information content (AvgIpc) is 2.30. The lowest BCUT2D eigenvalue weighted by atomic mass is 9.94. The van der Waals surface area contributed by atoms with Crippen LogP contribution in [0.3, 0.4) is 0 Å². The van der Waals surface area contributed by atoms with Gasteiger partial charge in [0, 0.05) is 6.54 Å². The van der Waals surface area contributed by atoms with Gasteiger partial charge in [-0.3, -0.25) is 4.79 Å². The minimum absolute atomic E-state index is 0.0245. The van der Waals surface area contributed by atoms with Gasteiger partial charge in [-0.2, -0.15) is 0 Å². The highest BCUT2D eigenvalue weighted by Crippen LogP contribution is 2.14. The van der Waals surface area contributed by atoms with E-state index in [0.717, 1.165) is 5.56 Å². The first kappa shape index (κ1) is 13.7. The first-order valence-electron chi connectivity index (χ1n) is 6.11. The SMILES string of the molecule is CC(C)C(CN)C(=O)N[C@H](C)c1ccccc1. The van der Waals surface area contributed by atoms with Crippen LogP contribution in [0.4, 0.5) is 0 Å². The Hall–Kier alpha value is -1.35. The fourth-order valence-electron chi connectivity index (χ4n) is 1.83. The molecule has 1 unspecified atom stereocenters. The molecule has 0 saturated carbocycles. The van der Waals surface area contributed by atoms with Crippen LogP contribution >= 0.6 is 0 Å². The zero-order valence-electron chi connectivity index (χ0n) is 10.8. The Morgan fingerprint density at radius 2 is 1.82 bits per heavy atom. The molecule has 1 aromatic rings. The van der Waals surface area contributed by atoms with E-state index in [-0.39, 0.29) is 23.8 Å². The van der Waals surface area contributed by atoms with E-state index < -0.39 is 0 Å². The molecule has 2 atom stereocenters. The first-order chi connectivity index (χ1) is 8.06. The van der Waals surface area contributed by atoms with Gasteiger partial charge in [0.2, 0.25) is 5.91 Å². The van der Waals surface area contributed by atoms with Gasteiger partial charge in [0.1, 0.15) is 0 Å². The molecule has 3 nitrogen and oxygen atoms in total. The maximum atomic E-state index is 12.0. The quantitative estimate of drug-likeness (QED) is 0.819. The van der Waals surface area contributed by atoms with Crippen LogP contribution in [0.15, 0.2) is 30.3 Å². The van der Waals surface area contributed by atoms with Crippen molar-refractivity contribution < 1.29 is 4.79 Å². The second-order valence-corrected chi connectivity index (χ2v) is 4.73. The van der Waals surface area contributed by atoms with Crippen molar-refractivity contribution in [3.63, 3.8) is 0 Å². The molecule has 0 aliphatic heterocycles. The largest absolute Gasteiger partial charge is 0.349 e. The van der Waals surface area contributed by atoms with Crippen molar-refractivity contribution in [3.05, 3.63) is 35.9 Å². The summed E-state index contributed by atoms with van der Waals surface area (Å²) in [5.74, 6) is 0.197. The number of rotatable bonds is 5. The van der Waals surface area contributed by atoms with Crippen LogP contribution in [0, 0.1) is 11.8 Å². The summed E-state index contributed by atoms with van der Waals surface area (Å²) in [6.07, 6.45) is 0. The van der Waals surface area contributed by atoms with E-state index in [9.17, 15) is 4.79 Å². The van der Waals surface area contributed by atoms with Crippen LogP contribution in [0.25, 0.3) is 0 Å². The lowest BCUT2D eigenvalue weighted by molar-refractivity contribution is -0.126. The molecule has 0 heterocycles. The van der Waals surface area contributed by atoms with Gasteiger partial charge in [-0.05, 0) is 18.4 Å². The van der Waals surface area contributed by atoms with Crippen LogP contribution in [0.5, 0.6) is 0 Å². The van der Waals surface area contributed by atoms with Gasteiger partial charge in [0.15, 0.2) is 0 Å². The maximum Gasteiger partial charge on any atom is 0.225 e. The molecule has 1 aromatic carbocycles. The molecule has 17 heavy (non-hydrogen) atoms. The molecular weight excluding hydrogens is 212 g/mol. The fraction of sp³-hybridized carbons (Fsp3) is 0.500. The molecule has 0 saturated heterocycles. The van der Waals surface area contributed by atoms with E-state index in [1.54, 1.807) is 0 Å². The highest BCUT2D eigenvalue weighted by Gasteiger charge is 2.21. The summed E-state index contributed by atoms with van der Waals surface area (Å²) in [5, 5.41) is 3.01. The smallest absolute Gasteiger partial charge is 0.225 e. The number of nitrogens with one attached hydrogen (secondary N) is 1. The third-order valence-electron chi connectivity index (χ3n) is 3.05. The predicted molar refractivity (Wildman–Crippen MR) is 70.4 cm³/mol. The van der Waals surface area contributed by atoms with E-state index in [1.807, 2.05) is 51.1 Å². The molecule has 0 bridgehead atoms. The zero-order valence-corrected chi connectivity index (χ0v) is 10.8. The number of benzene rings is 1. The van der Waals surface area contributed by atoms with E-state index in [4.69, 9.17) is 5.73 Å². The minimum atomic E-state index is -0.110. The number of carbonyl (C=O) groups is 1. The molecule has 0 fully saturated rings. The van der Waals surface area contributed by atoms with E-state index in [1.165, 1.54) is 0 Å². The zero-order chi connectivity index (χ0) is 12.8. The molecule has 1 rings (SSSR count). The summed E-state index contributed by atoms with van der Waals surface area (Å²) in [6, 6.07) is 9.96. The minimum Gasteiger partial charge on any atom is -0.349 e. The Morgan fingerprint density at radius 1 is 1.24 bits per heavy atom. The van der Waals surface area contributed by atoms with Crippen LogP contribution < -0.4 is 11.1 Å². The van der Waals surface area contributed by atoms with Crippen molar-refractivity contribution in [2.75, 3.05) is 6.54 Å². The summed E-state index contributed by atoms with van der Waals surface area (Å²) in [7, 11) is 0. The summed E-state index contributed by atoms with van der Waals surface area (Å²) in [5.41, 5.74) is 6.74. The summed E-state index contributed by atoms with van der Waals surface area (Å²) in [6.45, 7) is 6.42. The summed E-state index contributed by atoms with van der Waals surface area (Å²) < 4.78 is 0. The molecule has 3 heteroatoms. The lowest BCUT2D eigenvalue weighted by Crippen LogP contribution is -2.39. The Morgan fingerprint density at radius 3 is 2.29 bits per heavy atom. The van der Waals surface area contributed by atoms with Gasteiger partial charge in [-0.15, -0.1) is 0 Å². The highest BCUT2D eigenvalue weighted by atomic mass is 16.2. The third kappa shape index (κ3) is 3.86. The molecule has 0 spiro atoms. The van der Waals surface area contributed by atoms with E-state index in [0.29, 0.717) is 6.54 Å². The van der Waals surface area contributed by atoms with Crippen LogP contribution in [0.2, 0.25) is 0 Å². The van der Waals surface area contributed by atoms with Crippen LogP contribution in [0.1, 0.15) is 32.4 Å². The molecule has 0 aliphatic carbocycles. The molecule has 0 radical (unpaired) electrons. The standard InChI is InChI=1S/C14H22N2O/c1-10(2)13(9-15)14(17)16-11(3)12-7-5-4-6-8-12/h4-8,10-11,13H,9,15H2,1-3H3,(H,16,17)/t11-,13?/m1/s1. The molecule has 1 amide bonds. The topological polar surface area (TPSA) is 55.1 Å². The van der Waals surface area contributed by atoms with Gasteiger partial charge in [-0.1, -0.05) is 44.2 Å². The normalized spacial score (nSPS) is 14.4.